The highest BCUT2D eigenvalue weighted by Crippen LogP contribution is 2.17. The maximum atomic E-state index is 11.3. The minimum Gasteiger partial charge on any atom is -0.380 e. The molecule has 6 heteroatoms. The molecule has 3 rings (SSSR count). The fraction of sp³-hybridized carbons (Fsp3) is 0.267. The van der Waals surface area contributed by atoms with Crippen LogP contribution < -0.4 is 10.9 Å². The number of nitrogens with one attached hydrogen (secondary N) is 1. The van der Waals surface area contributed by atoms with E-state index in [9.17, 15) is 4.79 Å². The topological polar surface area (TPSA) is 64.7 Å². The summed E-state index contributed by atoms with van der Waals surface area (Å²) in [4.78, 5) is 15.8. The van der Waals surface area contributed by atoms with E-state index in [-0.39, 0.29) is 5.56 Å². The first-order valence-electron chi connectivity index (χ1n) is 6.73. The SMILES string of the molecule is Cc1nn(C)c2ncc(CNc3ccc(=O)n(C)c3)cc12. The monoisotopic (exact) mass is 283 g/mol. The lowest BCUT2D eigenvalue weighted by Crippen LogP contribution is -2.15. The summed E-state index contributed by atoms with van der Waals surface area (Å²) in [5, 5.41) is 8.73. The summed E-state index contributed by atoms with van der Waals surface area (Å²) >= 11 is 0. The zero-order chi connectivity index (χ0) is 15.0. The molecule has 0 radical (unpaired) electrons. The highest BCUT2D eigenvalue weighted by molar-refractivity contribution is 5.78. The minimum atomic E-state index is -0.0189. The van der Waals surface area contributed by atoms with Crippen molar-refractivity contribution in [1.29, 1.82) is 0 Å². The Bertz CT molecular complexity index is 862. The summed E-state index contributed by atoms with van der Waals surface area (Å²) < 4.78 is 3.34. The molecule has 0 aromatic carbocycles. The van der Waals surface area contributed by atoms with Crippen molar-refractivity contribution >= 4 is 16.7 Å². The molecule has 0 amide bonds. The van der Waals surface area contributed by atoms with Crippen molar-refractivity contribution < 1.29 is 0 Å². The Balaban J connectivity index is 1.83. The Hall–Kier alpha value is -2.63. The van der Waals surface area contributed by atoms with Crippen LogP contribution in [-0.2, 0) is 20.6 Å². The van der Waals surface area contributed by atoms with E-state index in [1.807, 2.05) is 20.2 Å². The molecule has 0 bridgehead atoms. The Kier molecular flexibility index (Phi) is 3.21. The molecule has 1 N–H and O–H groups in total. The Labute approximate surface area is 122 Å². The fourth-order valence-electron chi connectivity index (χ4n) is 2.35. The summed E-state index contributed by atoms with van der Waals surface area (Å²) in [6.45, 7) is 2.63. The van der Waals surface area contributed by atoms with Gasteiger partial charge in [0, 0.05) is 44.5 Å². The van der Waals surface area contributed by atoms with Crippen molar-refractivity contribution in [2.24, 2.45) is 14.1 Å². The number of pyridine rings is 2. The second-order valence-corrected chi connectivity index (χ2v) is 5.14. The van der Waals surface area contributed by atoms with Gasteiger partial charge in [-0.2, -0.15) is 5.10 Å². The van der Waals surface area contributed by atoms with Crippen LogP contribution in [0.3, 0.4) is 0 Å². The summed E-state index contributed by atoms with van der Waals surface area (Å²) in [7, 11) is 3.63. The first-order chi connectivity index (χ1) is 10.0. The predicted octanol–water partition coefficient (Wildman–Crippen LogP) is 1.59. The molecule has 0 spiro atoms. The van der Waals surface area contributed by atoms with E-state index in [0.717, 1.165) is 28.0 Å². The number of aromatic nitrogens is 4. The fourth-order valence-corrected chi connectivity index (χ4v) is 2.35. The molecule has 0 saturated heterocycles. The van der Waals surface area contributed by atoms with Gasteiger partial charge in [0.25, 0.3) is 0 Å². The van der Waals surface area contributed by atoms with Gasteiger partial charge < -0.3 is 9.88 Å². The molecule has 3 aromatic heterocycles. The number of hydrogen-bond acceptors (Lipinski definition) is 4. The Morgan fingerprint density at radius 2 is 2.10 bits per heavy atom. The third kappa shape index (κ3) is 2.52. The molecule has 3 aromatic rings. The molecule has 0 aliphatic carbocycles. The van der Waals surface area contributed by atoms with Gasteiger partial charge in [0.05, 0.1) is 11.4 Å². The zero-order valence-electron chi connectivity index (χ0n) is 12.3. The molecular weight excluding hydrogens is 266 g/mol. The van der Waals surface area contributed by atoms with Crippen LogP contribution in [0.15, 0.2) is 35.4 Å². The number of aryl methyl sites for hydroxylation is 3. The van der Waals surface area contributed by atoms with Crippen molar-refractivity contribution in [3.05, 3.63) is 52.2 Å². The zero-order valence-corrected chi connectivity index (χ0v) is 12.3. The lowest BCUT2D eigenvalue weighted by Gasteiger charge is -2.07. The normalized spacial score (nSPS) is 11.0. The number of hydrogen-bond donors (Lipinski definition) is 1. The van der Waals surface area contributed by atoms with Gasteiger partial charge >= 0.3 is 0 Å². The van der Waals surface area contributed by atoms with E-state index in [0.29, 0.717) is 6.54 Å². The van der Waals surface area contributed by atoms with Crippen LogP contribution in [0.1, 0.15) is 11.3 Å². The van der Waals surface area contributed by atoms with E-state index >= 15 is 0 Å². The average molecular weight is 283 g/mol. The number of nitrogens with zero attached hydrogens (tertiary/aromatic N) is 4. The van der Waals surface area contributed by atoms with Crippen LogP contribution in [0, 0.1) is 6.92 Å². The van der Waals surface area contributed by atoms with E-state index in [4.69, 9.17) is 0 Å². The van der Waals surface area contributed by atoms with Gasteiger partial charge in [0.15, 0.2) is 5.65 Å². The number of fused-ring (bicyclic) bond motifs is 1. The van der Waals surface area contributed by atoms with Crippen molar-refractivity contribution in [2.75, 3.05) is 5.32 Å². The standard InChI is InChI=1S/C15H17N5O/c1-10-13-6-11(8-17-15(13)20(3)18-10)7-16-12-4-5-14(21)19(2)9-12/h4-6,8-9,16H,7H2,1-3H3. The van der Waals surface area contributed by atoms with E-state index in [1.165, 1.54) is 0 Å². The second-order valence-electron chi connectivity index (χ2n) is 5.14. The Morgan fingerprint density at radius 3 is 2.86 bits per heavy atom. The molecular formula is C15H17N5O. The summed E-state index contributed by atoms with van der Waals surface area (Å²) in [5.74, 6) is 0. The lowest BCUT2D eigenvalue weighted by atomic mass is 10.2. The van der Waals surface area contributed by atoms with Gasteiger partial charge in [-0.05, 0) is 24.6 Å². The van der Waals surface area contributed by atoms with Crippen LogP contribution in [-0.4, -0.2) is 19.3 Å². The predicted molar refractivity (Wildman–Crippen MR) is 82.3 cm³/mol. The molecule has 0 fully saturated rings. The van der Waals surface area contributed by atoms with Crippen molar-refractivity contribution in [2.45, 2.75) is 13.5 Å². The highest BCUT2D eigenvalue weighted by Gasteiger charge is 2.07. The molecule has 21 heavy (non-hydrogen) atoms. The van der Waals surface area contributed by atoms with Gasteiger partial charge in [-0.3, -0.25) is 9.48 Å². The van der Waals surface area contributed by atoms with Crippen LogP contribution >= 0.6 is 0 Å². The summed E-state index contributed by atoms with van der Waals surface area (Å²) in [6.07, 6.45) is 3.63. The first kappa shape index (κ1) is 13.4. The van der Waals surface area contributed by atoms with Gasteiger partial charge in [-0.15, -0.1) is 0 Å². The largest absolute Gasteiger partial charge is 0.380 e. The lowest BCUT2D eigenvalue weighted by molar-refractivity contribution is 0.773. The summed E-state index contributed by atoms with van der Waals surface area (Å²) in [6, 6.07) is 5.43. The summed E-state index contributed by atoms with van der Waals surface area (Å²) in [5.41, 5.74) is 3.82. The first-order valence-corrected chi connectivity index (χ1v) is 6.73. The smallest absolute Gasteiger partial charge is 0.250 e. The molecule has 108 valence electrons. The molecule has 0 atom stereocenters. The van der Waals surface area contributed by atoms with Crippen molar-refractivity contribution in [3.63, 3.8) is 0 Å². The van der Waals surface area contributed by atoms with Crippen molar-refractivity contribution in [3.8, 4) is 0 Å². The third-order valence-corrected chi connectivity index (χ3v) is 3.50. The molecule has 0 saturated carbocycles. The van der Waals surface area contributed by atoms with Crippen LogP contribution in [0.2, 0.25) is 0 Å². The third-order valence-electron chi connectivity index (χ3n) is 3.50. The van der Waals surface area contributed by atoms with E-state index in [1.54, 1.807) is 34.6 Å². The molecule has 0 unspecified atom stereocenters. The van der Waals surface area contributed by atoms with Crippen molar-refractivity contribution in [1.82, 2.24) is 19.3 Å². The average Bonchev–Trinajstić information content (AvgIpc) is 2.75. The Morgan fingerprint density at radius 1 is 1.29 bits per heavy atom. The maximum absolute atomic E-state index is 11.3. The minimum absolute atomic E-state index is 0.0189. The number of rotatable bonds is 3. The molecule has 0 aliphatic rings. The maximum Gasteiger partial charge on any atom is 0.250 e. The molecule has 3 heterocycles. The highest BCUT2D eigenvalue weighted by atomic mass is 16.1. The van der Waals surface area contributed by atoms with Gasteiger partial charge in [0.1, 0.15) is 0 Å². The number of anilines is 1. The van der Waals surface area contributed by atoms with E-state index < -0.39 is 0 Å². The quantitative estimate of drug-likeness (QED) is 0.792. The van der Waals surface area contributed by atoms with Crippen LogP contribution in [0.5, 0.6) is 0 Å². The van der Waals surface area contributed by atoms with Crippen LogP contribution in [0.25, 0.3) is 11.0 Å². The second kappa shape index (κ2) is 5.05. The molecule has 0 aliphatic heterocycles. The van der Waals surface area contributed by atoms with Gasteiger partial charge in [0.2, 0.25) is 5.56 Å². The van der Waals surface area contributed by atoms with E-state index in [2.05, 4.69) is 21.5 Å². The molecule has 6 nitrogen and oxygen atoms in total. The van der Waals surface area contributed by atoms with Crippen LogP contribution in [0.4, 0.5) is 5.69 Å². The van der Waals surface area contributed by atoms with Gasteiger partial charge in [-0.25, -0.2) is 4.98 Å². The van der Waals surface area contributed by atoms with Gasteiger partial charge in [-0.1, -0.05) is 0 Å².